The third-order valence-corrected chi connectivity index (χ3v) is 16.6. The van der Waals surface area contributed by atoms with Crippen molar-refractivity contribution in [2.45, 2.75) is 64.7 Å². The molecule has 1 aromatic carbocycles. The first-order chi connectivity index (χ1) is 34.7. The van der Waals surface area contributed by atoms with Gasteiger partial charge in [-0.25, -0.2) is 19.1 Å². The van der Waals surface area contributed by atoms with Gasteiger partial charge in [-0.1, -0.05) is 29.1 Å². The largest absolute Gasteiger partial charge is 0.508 e. The molecule has 2 aromatic heterocycles. The molecule has 33 heteroatoms. The molecule has 29 nitrogen and oxygen atoms in total. The molecule has 8 rings (SSSR count). The summed E-state index contributed by atoms with van der Waals surface area (Å²) < 4.78 is 6.84. The second kappa shape index (κ2) is 22.5. The number of nitrogens with one attached hydrogen (secondary N) is 4. The van der Waals surface area contributed by atoms with Crippen LogP contribution in [0, 0.1) is 0 Å². The number of fused-ring (bicyclic) bond motifs is 2. The number of nitrogens with two attached hydrogens (primary N) is 1. The lowest BCUT2D eigenvalue weighted by molar-refractivity contribution is -0.193. The summed E-state index contributed by atoms with van der Waals surface area (Å²) in [6.07, 6.45) is 0.0337. The van der Waals surface area contributed by atoms with E-state index >= 15 is 0 Å². The van der Waals surface area contributed by atoms with Crippen molar-refractivity contribution < 1.29 is 68.3 Å². The van der Waals surface area contributed by atoms with E-state index in [1.165, 1.54) is 87.2 Å². The van der Waals surface area contributed by atoms with Crippen LogP contribution < -0.4 is 21.7 Å². The highest BCUT2D eigenvalue weighted by atomic mass is 32.2. The third-order valence-electron chi connectivity index (χ3n) is 11.8. The van der Waals surface area contributed by atoms with Crippen molar-refractivity contribution in [2.75, 3.05) is 49.8 Å². The Morgan fingerprint density at radius 3 is 2.21 bits per heavy atom. The number of carbonyl (C=O) groups is 9. The van der Waals surface area contributed by atoms with Gasteiger partial charge in [0.1, 0.15) is 51.0 Å². The number of aromatic hydroxyl groups is 1. The highest BCUT2D eigenvalue weighted by molar-refractivity contribution is 8.01. The number of imide groups is 1. The van der Waals surface area contributed by atoms with Gasteiger partial charge < -0.3 is 51.7 Å². The van der Waals surface area contributed by atoms with E-state index in [1.807, 2.05) is 0 Å². The maximum atomic E-state index is 13.4. The van der Waals surface area contributed by atoms with E-state index in [0.717, 1.165) is 23.8 Å². The lowest BCUT2D eigenvalue weighted by atomic mass is 9.97. The van der Waals surface area contributed by atoms with E-state index in [0.29, 0.717) is 43.3 Å². The molecule has 7 atom stereocenters. The van der Waals surface area contributed by atoms with Crippen molar-refractivity contribution in [3.05, 3.63) is 58.6 Å². The fourth-order valence-corrected chi connectivity index (χ4v) is 12.6. The van der Waals surface area contributed by atoms with Crippen LogP contribution in [-0.4, -0.2) is 213 Å². The summed E-state index contributed by atoms with van der Waals surface area (Å²) in [4.78, 5) is 118. The number of benzene rings is 1. The van der Waals surface area contributed by atoms with Crippen LogP contribution in [-0.2, 0) is 50.1 Å². The highest BCUT2D eigenvalue weighted by Gasteiger charge is 2.67. The van der Waals surface area contributed by atoms with Crippen LogP contribution in [0.25, 0.3) is 0 Å². The number of aromatic nitrogens is 7. The van der Waals surface area contributed by atoms with Gasteiger partial charge in [-0.3, -0.25) is 48.6 Å². The monoisotopic (exact) mass is 1090 g/mol. The van der Waals surface area contributed by atoms with Gasteiger partial charge >= 0.3 is 29.8 Å². The number of aryl methyl sites for hydroxylation is 1. The molecule has 5 aliphatic rings. The fraction of sp³-hybridized carbons (Fsp3) is 0.450. The number of ether oxygens (including phenoxy) is 1. The third kappa shape index (κ3) is 10.8. The maximum Gasteiger partial charge on any atom is 0.352 e. The molecule has 0 spiro atoms. The van der Waals surface area contributed by atoms with E-state index in [-0.39, 0.29) is 48.3 Å². The van der Waals surface area contributed by atoms with Gasteiger partial charge in [0.05, 0.1) is 12.3 Å². The lowest BCUT2D eigenvalue weighted by Gasteiger charge is -2.56. The Hall–Kier alpha value is -6.78. The number of hydrogen-bond donors (Lipinski definition) is 9. The molecule has 10 N–H and O–H groups in total. The quantitative estimate of drug-likeness (QED) is 0.0285. The standard InChI is InChI=1S/C22H29N9O9S2.C18H18N6O5S2/c1-5-29-6-7-30(16(35)15(29)34)20(39)23-12(10(2)32)14(33)24-22(40-4)18(38)31-13(17(36)37)11(8-41-19(22)31)9-42-21-25-26-27-28(21)3;19-12(8-1-3-10(25)4-2-8)15(26)21-13-16(27)24-14(18(28)29)9(7-31-17(13)24)6-30-11-5-20-23-22-11/h10,12,19,32H,5-9H2,1-4H3,(H,23,39)(H,24,33)(H,36,37);1-5,12-13,17,25H,6-7,19H2,(H,21,26)(H,28,29)(H,20,22,23)/t10-,12+,19+,22-;12-,13-,17-/m01/s1. The zero-order valence-corrected chi connectivity index (χ0v) is 42.1. The van der Waals surface area contributed by atoms with Gasteiger partial charge in [0.25, 0.3) is 17.5 Å². The molecule has 0 saturated carbocycles. The number of aliphatic hydroxyl groups is 1. The first-order valence-electron chi connectivity index (χ1n) is 21.7. The molecule has 0 bridgehead atoms. The molecule has 8 amide bonds. The number of thioether (sulfide) groups is 4. The minimum absolute atomic E-state index is 0.0468. The molecule has 390 valence electrons. The second-order valence-corrected chi connectivity index (χ2v) is 20.4. The molecule has 3 aromatic rings. The average molecular weight is 1090 g/mol. The summed E-state index contributed by atoms with van der Waals surface area (Å²) in [6, 6.07) is 1.25. The van der Waals surface area contributed by atoms with Gasteiger partial charge in [-0.15, -0.1) is 45.5 Å². The Labute approximate surface area is 429 Å². The van der Waals surface area contributed by atoms with E-state index in [1.54, 1.807) is 14.0 Å². The number of aliphatic hydroxyl groups excluding tert-OH is 1. The van der Waals surface area contributed by atoms with Crippen LogP contribution in [0.3, 0.4) is 0 Å². The van der Waals surface area contributed by atoms with Crippen molar-refractivity contribution in [2.24, 2.45) is 12.8 Å². The topological polar surface area (TPSA) is 404 Å². The molecule has 73 heavy (non-hydrogen) atoms. The Bertz CT molecular complexity index is 2760. The summed E-state index contributed by atoms with van der Waals surface area (Å²) >= 11 is 5.06. The van der Waals surface area contributed by atoms with Crippen LogP contribution in [0.15, 0.2) is 63.2 Å². The van der Waals surface area contributed by atoms with Crippen LogP contribution in [0.2, 0.25) is 0 Å². The normalized spacial score (nSPS) is 22.7. The number of methoxy groups -OCH3 is 1. The van der Waals surface area contributed by atoms with Crippen molar-refractivity contribution >= 4 is 100 Å². The molecule has 0 radical (unpaired) electrons. The number of carboxylic acid groups (broad SMARTS) is 2. The summed E-state index contributed by atoms with van der Waals surface area (Å²) in [5.41, 5.74) is 5.16. The highest BCUT2D eigenvalue weighted by Crippen LogP contribution is 2.47. The Morgan fingerprint density at radius 2 is 1.62 bits per heavy atom. The number of tetrazole rings is 1. The number of piperazine rings is 1. The zero-order valence-electron chi connectivity index (χ0n) is 38.9. The number of nitrogens with zero attached hydrogens (tertiary/aromatic N) is 10. The van der Waals surface area contributed by atoms with Gasteiger partial charge in [-0.05, 0) is 53.1 Å². The number of carbonyl (C=O) groups excluding carboxylic acids is 7. The summed E-state index contributed by atoms with van der Waals surface area (Å²) in [7, 11) is 2.78. The Kier molecular flexibility index (Phi) is 16.7. The molecule has 5 aliphatic heterocycles. The number of carboxylic acids is 2. The predicted octanol–water partition coefficient (Wildman–Crippen LogP) is -2.79. The minimum atomic E-state index is -2.01. The van der Waals surface area contributed by atoms with Crippen LogP contribution in [0.5, 0.6) is 5.75 Å². The fourth-order valence-electron chi connectivity index (χ4n) is 7.89. The smallest absolute Gasteiger partial charge is 0.352 e. The number of H-pyrrole nitrogens is 1. The van der Waals surface area contributed by atoms with E-state index < -0.39 is 94.1 Å². The molecule has 0 aliphatic carbocycles. The van der Waals surface area contributed by atoms with E-state index in [9.17, 15) is 63.6 Å². The van der Waals surface area contributed by atoms with Crippen molar-refractivity contribution in [1.29, 1.82) is 0 Å². The van der Waals surface area contributed by atoms with Gasteiger partial charge in [0.2, 0.25) is 17.0 Å². The number of phenolic OH excluding ortho intramolecular Hbond substituents is 1. The number of amides is 8. The van der Waals surface area contributed by atoms with Crippen LogP contribution in [0.1, 0.15) is 25.5 Å². The maximum absolute atomic E-state index is 13.4. The van der Waals surface area contributed by atoms with Crippen molar-refractivity contribution in [3.63, 3.8) is 0 Å². The average Bonchev–Trinajstić information content (AvgIpc) is 4.06. The van der Waals surface area contributed by atoms with Gasteiger partial charge in [0, 0.05) is 56.8 Å². The summed E-state index contributed by atoms with van der Waals surface area (Å²) in [6.45, 7) is 3.15. The van der Waals surface area contributed by atoms with Crippen molar-refractivity contribution in [3.8, 4) is 5.75 Å². The number of rotatable bonds is 17. The molecule has 0 unspecified atom stereocenters. The second-order valence-electron chi connectivity index (χ2n) is 16.2. The first kappa shape index (κ1) is 54.0. The van der Waals surface area contributed by atoms with E-state index in [2.05, 4.69) is 46.9 Å². The summed E-state index contributed by atoms with van der Waals surface area (Å²) in [5, 5.41) is 67.3. The molecule has 3 saturated heterocycles. The number of aliphatic carboxylic acids is 2. The number of hydrogen-bond acceptors (Lipinski definition) is 22. The van der Waals surface area contributed by atoms with Crippen molar-refractivity contribution in [1.82, 2.24) is 71.2 Å². The number of phenols is 1. The Balaban J connectivity index is 0.000000223. The SMILES string of the molecule is CCN1CCN(C(=O)N[C@@H](C(=O)N[C@]2(OC)C(=O)N3C(C(=O)O)=C(CSc4nnnn4C)CS[C@@H]32)[C@H](C)O)C(=O)C1=O.N[C@@H](C(=O)N[C@@H]1C(=O)N2C(C(=O)O)=C(CSc3cnn[nH]3)CS[C@H]12)c1ccc(O)cc1. The number of urea groups is 1. The number of likely N-dealkylation sites (N-methyl/N-ethyl adjacent to an activating group) is 1. The molecular weight excluding hydrogens is 1040 g/mol. The molecular formula is C40H47N15O14S4. The molecule has 7 heterocycles. The molecule has 3 fully saturated rings. The van der Waals surface area contributed by atoms with Crippen LogP contribution >= 0.6 is 47.0 Å². The van der Waals surface area contributed by atoms with Gasteiger partial charge in [-0.2, -0.15) is 0 Å². The Morgan fingerprint density at radius 1 is 0.959 bits per heavy atom. The lowest BCUT2D eigenvalue weighted by Crippen LogP contribution is -2.81. The van der Waals surface area contributed by atoms with Crippen LogP contribution in [0.4, 0.5) is 4.79 Å². The predicted molar refractivity (Wildman–Crippen MR) is 255 cm³/mol. The number of aromatic amines is 1. The van der Waals surface area contributed by atoms with Gasteiger partial charge in [0.15, 0.2) is 0 Å². The first-order valence-corrected chi connectivity index (χ1v) is 25.8. The zero-order chi connectivity index (χ0) is 53.1. The minimum Gasteiger partial charge on any atom is -0.508 e. The summed E-state index contributed by atoms with van der Waals surface area (Å²) in [5.74, 6) is -6.30. The number of β-lactam (4-membered cyclic amide) rings is 2. The van der Waals surface area contributed by atoms with E-state index in [4.69, 9.17) is 10.5 Å².